The van der Waals surface area contributed by atoms with Crippen LogP contribution in [0.3, 0.4) is 0 Å². The van der Waals surface area contributed by atoms with E-state index in [1.807, 2.05) is 0 Å². The van der Waals surface area contributed by atoms with Crippen molar-refractivity contribution in [1.29, 1.82) is 0 Å². The first-order chi connectivity index (χ1) is 8.01. The quantitative estimate of drug-likeness (QED) is 0.577. The first kappa shape index (κ1) is 14.2. The van der Waals surface area contributed by atoms with E-state index in [4.69, 9.17) is 4.99 Å². The Morgan fingerprint density at radius 1 is 1.06 bits per heavy atom. The van der Waals surface area contributed by atoms with Crippen LogP contribution < -0.4 is 0 Å². The van der Waals surface area contributed by atoms with Crippen molar-refractivity contribution in [2.24, 2.45) is 16.3 Å². The molecule has 1 rings (SSSR count). The van der Waals surface area contributed by atoms with Crippen LogP contribution in [0.4, 0.5) is 0 Å². The molecule has 0 aromatic rings. The first-order valence-electron chi connectivity index (χ1n) is 6.85. The van der Waals surface area contributed by atoms with Gasteiger partial charge in [-0.15, -0.1) is 0 Å². The molecule has 0 saturated carbocycles. The van der Waals surface area contributed by atoms with E-state index in [2.05, 4.69) is 58.2 Å². The average Bonchev–Trinajstić information content (AvgIpc) is 2.23. The minimum atomic E-state index is 0.187. The highest BCUT2D eigenvalue weighted by molar-refractivity contribution is 5.65. The van der Waals surface area contributed by atoms with Crippen LogP contribution in [0.1, 0.15) is 53.4 Å². The monoisotopic (exact) mass is 233 g/mol. The molecule has 0 N–H and O–H groups in total. The fourth-order valence-corrected chi connectivity index (χ4v) is 1.91. The molecule has 0 radical (unpaired) electrons. The Bertz CT molecular complexity index is 295. The maximum atomic E-state index is 4.80. The van der Waals surface area contributed by atoms with Gasteiger partial charge in [0.05, 0.1) is 6.04 Å². The normalized spacial score (nSPS) is 31.2. The minimum absolute atomic E-state index is 0.187. The average molecular weight is 233 g/mol. The Hall–Kier alpha value is -0.850. The zero-order valence-electron chi connectivity index (χ0n) is 11.8. The summed E-state index contributed by atoms with van der Waals surface area (Å²) in [7, 11) is 0. The second-order valence-electron chi connectivity index (χ2n) is 6.04. The van der Waals surface area contributed by atoms with Gasteiger partial charge in [-0.05, 0) is 31.6 Å². The maximum Gasteiger partial charge on any atom is 0.0553 e. The van der Waals surface area contributed by atoms with Crippen molar-refractivity contribution in [3.63, 3.8) is 0 Å². The molecule has 1 unspecified atom stereocenters. The van der Waals surface area contributed by atoms with Crippen LogP contribution in [0.25, 0.3) is 0 Å². The van der Waals surface area contributed by atoms with Gasteiger partial charge in [-0.2, -0.15) is 0 Å². The summed E-state index contributed by atoms with van der Waals surface area (Å²) in [6.07, 6.45) is 15.8. The van der Waals surface area contributed by atoms with Crippen molar-refractivity contribution < 1.29 is 0 Å². The third kappa shape index (κ3) is 5.86. The summed E-state index contributed by atoms with van der Waals surface area (Å²) >= 11 is 0. The lowest BCUT2D eigenvalue weighted by molar-refractivity contribution is 0.484. The maximum absolute atomic E-state index is 4.80. The lowest BCUT2D eigenvalue weighted by Crippen LogP contribution is -2.17. The molecule has 17 heavy (non-hydrogen) atoms. The van der Waals surface area contributed by atoms with E-state index in [-0.39, 0.29) is 5.41 Å². The van der Waals surface area contributed by atoms with Crippen molar-refractivity contribution in [2.75, 3.05) is 0 Å². The van der Waals surface area contributed by atoms with Crippen LogP contribution in [0.2, 0.25) is 0 Å². The SMILES string of the molecule is CC(C)C1C/C=C/CC/C=C/CC(C)(C)/C=N/1. The molecule has 1 heterocycles. The molecule has 1 atom stereocenters. The van der Waals surface area contributed by atoms with Gasteiger partial charge in [0.1, 0.15) is 0 Å². The highest BCUT2D eigenvalue weighted by Crippen LogP contribution is 2.21. The lowest BCUT2D eigenvalue weighted by atomic mass is 9.90. The Morgan fingerprint density at radius 2 is 1.71 bits per heavy atom. The van der Waals surface area contributed by atoms with Gasteiger partial charge in [0, 0.05) is 11.6 Å². The Kier molecular flexibility index (Phi) is 5.67. The molecule has 1 heteroatoms. The van der Waals surface area contributed by atoms with Crippen LogP contribution in [0.5, 0.6) is 0 Å². The van der Waals surface area contributed by atoms with Gasteiger partial charge in [0.15, 0.2) is 0 Å². The van der Waals surface area contributed by atoms with Gasteiger partial charge in [-0.3, -0.25) is 4.99 Å². The van der Waals surface area contributed by atoms with E-state index in [0.717, 1.165) is 25.7 Å². The van der Waals surface area contributed by atoms with Crippen molar-refractivity contribution in [3.05, 3.63) is 24.3 Å². The number of nitrogens with zero attached hydrogens (tertiary/aromatic N) is 1. The molecule has 1 aliphatic heterocycles. The number of hydrogen-bond donors (Lipinski definition) is 0. The molecule has 0 aromatic carbocycles. The van der Waals surface area contributed by atoms with E-state index in [1.54, 1.807) is 0 Å². The van der Waals surface area contributed by atoms with Crippen molar-refractivity contribution >= 4 is 6.21 Å². The molecule has 0 bridgehead atoms. The van der Waals surface area contributed by atoms with Gasteiger partial charge < -0.3 is 0 Å². The predicted molar refractivity (Wildman–Crippen MR) is 77.6 cm³/mol. The molecule has 0 aliphatic carbocycles. The fourth-order valence-electron chi connectivity index (χ4n) is 1.91. The third-order valence-electron chi connectivity index (χ3n) is 3.24. The number of hydrogen-bond acceptors (Lipinski definition) is 1. The summed E-state index contributed by atoms with van der Waals surface area (Å²) in [5, 5.41) is 0. The molecule has 0 amide bonds. The zero-order valence-corrected chi connectivity index (χ0v) is 11.8. The molecule has 0 aromatic heterocycles. The van der Waals surface area contributed by atoms with Gasteiger partial charge in [0.2, 0.25) is 0 Å². The highest BCUT2D eigenvalue weighted by atomic mass is 14.8. The predicted octanol–water partition coefficient (Wildman–Crippen LogP) is 4.79. The topological polar surface area (TPSA) is 12.4 Å². The molecule has 0 saturated heterocycles. The molecule has 1 aliphatic rings. The third-order valence-corrected chi connectivity index (χ3v) is 3.24. The van der Waals surface area contributed by atoms with Crippen molar-refractivity contribution in [1.82, 2.24) is 0 Å². The van der Waals surface area contributed by atoms with Crippen LogP contribution in [0, 0.1) is 11.3 Å². The number of aliphatic imine (C=N–C) groups is 1. The van der Waals surface area contributed by atoms with Gasteiger partial charge in [0.25, 0.3) is 0 Å². The second-order valence-corrected chi connectivity index (χ2v) is 6.04. The summed E-state index contributed by atoms with van der Waals surface area (Å²) in [4.78, 5) is 4.80. The number of allylic oxidation sites excluding steroid dienone is 3. The van der Waals surface area contributed by atoms with Gasteiger partial charge in [-0.25, -0.2) is 0 Å². The summed E-state index contributed by atoms with van der Waals surface area (Å²) < 4.78 is 0. The van der Waals surface area contributed by atoms with Gasteiger partial charge >= 0.3 is 0 Å². The molecule has 1 nitrogen and oxygen atoms in total. The fraction of sp³-hybridized carbons (Fsp3) is 0.688. The Morgan fingerprint density at radius 3 is 2.35 bits per heavy atom. The van der Waals surface area contributed by atoms with Crippen molar-refractivity contribution in [2.45, 2.75) is 59.4 Å². The highest BCUT2D eigenvalue weighted by Gasteiger charge is 2.15. The molecule has 0 spiro atoms. The lowest BCUT2D eigenvalue weighted by Gasteiger charge is -2.21. The summed E-state index contributed by atoms with van der Waals surface area (Å²) in [6.45, 7) is 9.04. The molecular weight excluding hydrogens is 206 g/mol. The summed E-state index contributed by atoms with van der Waals surface area (Å²) in [5.74, 6) is 0.616. The minimum Gasteiger partial charge on any atom is -0.293 e. The standard InChI is InChI=1S/C16H27N/c1-14(2)15-11-9-7-5-6-8-10-12-16(3,4)13-17-15/h7-10,13-15H,5-6,11-12H2,1-4H3/b9-7+,10-8+,17-13+. The van der Waals surface area contributed by atoms with E-state index >= 15 is 0 Å². The summed E-state index contributed by atoms with van der Waals surface area (Å²) in [5.41, 5.74) is 0.187. The van der Waals surface area contributed by atoms with Gasteiger partial charge in [-0.1, -0.05) is 52.0 Å². The van der Waals surface area contributed by atoms with E-state index in [0.29, 0.717) is 12.0 Å². The Balaban J connectivity index is 2.78. The van der Waals surface area contributed by atoms with E-state index in [1.165, 1.54) is 0 Å². The Labute approximate surface area is 107 Å². The molecule has 0 fully saturated rings. The van der Waals surface area contributed by atoms with Crippen molar-refractivity contribution in [3.8, 4) is 0 Å². The second kappa shape index (κ2) is 6.78. The van der Waals surface area contributed by atoms with Crippen LogP contribution in [0.15, 0.2) is 29.3 Å². The smallest absolute Gasteiger partial charge is 0.0553 e. The molecular formula is C16H27N. The van der Waals surface area contributed by atoms with Crippen LogP contribution >= 0.6 is 0 Å². The van der Waals surface area contributed by atoms with E-state index in [9.17, 15) is 0 Å². The molecule has 96 valence electrons. The first-order valence-corrected chi connectivity index (χ1v) is 6.85. The van der Waals surface area contributed by atoms with Crippen LogP contribution in [-0.4, -0.2) is 12.3 Å². The van der Waals surface area contributed by atoms with E-state index < -0.39 is 0 Å². The largest absolute Gasteiger partial charge is 0.293 e. The zero-order chi connectivity index (χ0) is 12.7. The van der Waals surface area contributed by atoms with Crippen LogP contribution in [-0.2, 0) is 0 Å². The number of rotatable bonds is 1. The summed E-state index contributed by atoms with van der Waals surface area (Å²) in [6, 6.07) is 0.439.